The van der Waals surface area contributed by atoms with Gasteiger partial charge in [0, 0.05) is 33.5 Å². The first kappa shape index (κ1) is 49.4. The summed E-state index contributed by atoms with van der Waals surface area (Å²) in [4.78, 5) is 37.1. The van der Waals surface area contributed by atoms with Crippen LogP contribution in [0.3, 0.4) is 0 Å². The monoisotopic (exact) mass is 1020 g/mol. The molecule has 0 bridgehead atoms. The predicted molar refractivity (Wildman–Crippen MR) is 242 cm³/mol. The summed E-state index contributed by atoms with van der Waals surface area (Å²) in [5, 5.41) is 60.0. The van der Waals surface area contributed by atoms with Crippen LogP contribution in [0, 0.1) is 0 Å². The highest BCUT2D eigenvalue weighted by Crippen LogP contribution is 2.40. The number of azo groups is 2. The number of anilines is 5. The van der Waals surface area contributed by atoms with Gasteiger partial charge < -0.3 is 21.1 Å². The third kappa shape index (κ3) is 13.2. The van der Waals surface area contributed by atoms with Crippen molar-refractivity contribution in [1.82, 2.24) is 15.0 Å². The zero-order valence-corrected chi connectivity index (χ0v) is 37.8. The number of hydrogen-bond acceptors (Lipinski definition) is 23. The lowest BCUT2D eigenvalue weighted by atomic mass is 10.1. The number of nitrogens with zero attached hydrogens (tertiary/aromatic N) is 8. The summed E-state index contributed by atoms with van der Waals surface area (Å²) in [6.07, 6.45) is 2.80. The third-order valence-electron chi connectivity index (χ3n) is 8.83. The van der Waals surface area contributed by atoms with Gasteiger partial charge in [0.2, 0.25) is 5.91 Å². The average molecular weight is 1020 g/mol. The maximum atomic E-state index is 12.6. The van der Waals surface area contributed by atoms with Gasteiger partial charge in [-0.15, -0.1) is 23.9 Å². The van der Waals surface area contributed by atoms with Crippen LogP contribution in [-0.4, -0.2) is 68.4 Å². The number of carboxylic acids is 1. The van der Waals surface area contributed by atoms with Gasteiger partial charge in [-0.05, 0) is 118 Å². The number of amides is 1. The number of fused-ring (bicyclic) bond motifs is 1. The molecule has 0 spiro atoms. The molecule has 0 saturated carbocycles. The normalized spacial score (nSPS) is 11.9. The minimum absolute atomic E-state index is 0.00872. The van der Waals surface area contributed by atoms with Crippen LogP contribution in [0.15, 0.2) is 156 Å². The summed E-state index contributed by atoms with van der Waals surface area (Å²) in [6, 6.07) is 23.9. The van der Waals surface area contributed by atoms with Gasteiger partial charge in [0.05, 0.1) is 64.0 Å². The lowest BCUT2D eigenvalue weighted by Crippen LogP contribution is -2.34. The van der Waals surface area contributed by atoms with Crippen molar-refractivity contribution in [3.05, 3.63) is 121 Å². The van der Waals surface area contributed by atoms with E-state index in [4.69, 9.17) is 10.5 Å². The van der Waals surface area contributed by atoms with Crippen molar-refractivity contribution in [2.75, 3.05) is 16.0 Å². The van der Waals surface area contributed by atoms with Crippen LogP contribution < -0.4 is 20.5 Å². The molecule has 354 valence electrons. The largest absolute Gasteiger partial charge is 0.478 e. The van der Waals surface area contributed by atoms with Gasteiger partial charge in [-0.2, -0.15) is 27.1 Å². The predicted octanol–water partition coefficient (Wildman–Crippen LogP) is 8.63. The zero-order chi connectivity index (χ0) is 49.3. The molecule has 2 aromatic heterocycles. The van der Waals surface area contributed by atoms with E-state index in [1.54, 1.807) is 24.3 Å². The topological polar surface area (TPSA) is 369 Å². The van der Waals surface area contributed by atoms with Crippen molar-refractivity contribution >= 4 is 119 Å². The number of rotatable bonds is 19. The van der Waals surface area contributed by atoms with Gasteiger partial charge in [0.1, 0.15) is 16.3 Å². The number of carbonyl (C=O) groups excluding carboxylic acids is 1. The van der Waals surface area contributed by atoms with Crippen LogP contribution in [0.25, 0.3) is 16.7 Å². The molecule has 0 aliphatic carbocycles. The van der Waals surface area contributed by atoms with Crippen LogP contribution in [-0.2, 0) is 43.8 Å². The first-order valence-electron chi connectivity index (χ1n) is 18.8. The maximum Gasteiger partial charge on any atom is 0.444 e. The van der Waals surface area contributed by atoms with E-state index in [0.717, 1.165) is 6.07 Å². The lowest BCUT2D eigenvalue weighted by molar-refractivity contribution is -0.603. The van der Waals surface area contributed by atoms with Crippen molar-refractivity contribution in [1.29, 1.82) is 0 Å². The molecule has 1 amide bonds. The van der Waals surface area contributed by atoms with E-state index in [1.807, 2.05) is 0 Å². The van der Waals surface area contributed by atoms with Gasteiger partial charge >= 0.3 is 23.8 Å². The summed E-state index contributed by atoms with van der Waals surface area (Å²) >= 11 is 1.03. The average Bonchev–Trinajstić information content (AvgIpc) is 3.31. The van der Waals surface area contributed by atoms with E-state index < -0.39 is 37.0 Å². The van der Waals surface area contributed by atoms with Crippen molar-refractivity contribution in [3.63, 3.8) is 0 Å². The minimum atomic E-state index is -4.95. The number of pyridine rings is 1. The smallest absolute Gasteiger partial charge is 0.444 e. The van der Waals surface area contributed by atoms with Gasteiger partial charge in [0.25, 0.3) is 20.2 Å². The molecule has 5 aromatic carbocycles. The van der Waals surface area contributed by atoms with Crippen molar-refractivity contribution in [2.24, 2.45) is 20.5 Å². The highest BCUT2D eigenvalue weighted by molar-refractivity contribution is 7.95. The molecule has 30 heteroatoms. The summed E-state index contributed by atoms with van der Waals surface area (Å²) in [5.41, 5.74) is 1.11. The second kappa shape index (κ2) is 21.7. The lowest BCUT2D eigenvalue weighted by Gasteiger charge is -2.11. The fourth-order valence-electron chi connectivity index (χ4n) is 5.91. The number of nitrogens with one attached hydrogen (secondary N) is 3. The Morgan fingerprint density at radius 3 is 1.94 bits per heavy atom. The zero-order valence-electron chi connectivity index (χ0n) is 34.5. The first-order chi connectivity index (χ1) is 32.9. The van der Waals surface area contributed by atoms with E-state index in [9.17, 15) is 40.6 Å². The maximum absolute atomic E-state index is 12.6. The Bertz CT molecular complexity index is 3370. The van der Waals surface area contributed by atoms with Crippen LogP contribution in [0.2, 0.25) is 0 Å². The Hall–Kier alpha value is -7.46. The van der Waals surface area contributed by atoms with E-state index in [1.165, 1.54) is 96.7 Å². The van der Waals surface area contributed by atoms with Gasteiger partial charge in [-0.25, -0.2) is 19.9 Å². The summed E-state index contributed by atoms with van der Waals surface area (Å²) in [7, 11) is -9.33. The van der Waals surface area contributed by atoms with Gasteiger partial charge in [0.15, 0.2) is 0 Å². The SMILES string of the molecule is CC(=O)Nc1cc(Nc2nc(Nc3ccc(N=Nc4ccc(S(=O)(=O)O)cc4)cc3)nc(-[n+]3cccc(C(=O)O)c3)n2)ccc1N=Nc1cc2c(SOOO)cc(SOOO)cc2cc1S(=O)(=O)O. The molecule has 0 fully saturated rings. The molecule has 26 nitrogen and oxygen atoms in total. The second-order valence-electron chi connectivity index (χ2n) is 13.6. The molecule has 0 aliphatic rings. The van der Waals surface area contributed by atoms with E-state index in [0.29, 0.717) is 41.1 Å². The molecule has 0 saturated heterocycles. The Kier molecular flexibility index (Phi) is 15.5. The highest BCUT2D eigenvalue weighted by atomic mass is 32.2. The summed E-state index contributed by atoms with van der Waals surface area (Å²) in [6.45, 7) is 1.23. The quantitative estimate of drug-likeness (QED) is 0.00937. The molecule has 8 N–H and O–H groups in total. The van der Waals surface area contributed by atoms with E-state index >= 15 is 0 Å². The molecule has 0 unspecified atom stereocenters. The standard InChI is InChI=1S/C39H29N11O15S4/c1-21(51)40-32-17-27(10-13-31(32)48-49-33-19-30-23(16-35(33)69(59,60)61)15-28(66-64-62-54)18-34(30)67-65-63-55)42-38-43-37(44-39(45-38)50-14-2-3-22(20-50)36(52)53)41-24-4-6-25(7-5-24)46-47-26-8-11-29(12-9-26)68(56,57)58/h2-20H,1H3,(H7-,40,41,42,43,44,45,47,49,51,52,53,54,55,56,57,58,59,60,61)/p+1. The fourth-order valence-corrected chi connectivity index (χ4v) is 8.10. The molecule has 0 atom stereocenters. The molecule has 69 heavy (non-hydrogen) atoms. The van der Waals surface area contributed by atoms with E-state index in [2.05, 4.69) is 70.1 Å². The van der Waals surface area contributed by atoms with Crippen LogP contribution in [0.1, 0.15) is 17.3 Å². The highest BCUT2D eigenvalue weighted by Gasteiger charge is 2.22. The van der Waals surface area contributed by atoms with Crippen molar-refractivity contribution in [2.45, 2.75) is 26.5 Å². The van der Waals surface area contributed by atoms with E-state index in [-0.39, 0.29) is 71.6 Å². The Labute approximate surface area is 396 Å². The first-order valence-corrected chi connectivity index (χ1v) is 23.2. The molecule has 0 aliphatic heterocycles. The minimum Gasteiger partial charge on any atom is -0.478 e. The Morgan fingerprint density at radius 2 is 1.32 bits per heavy atom. The summed E-state index contributed by atoms with van der Waals surface area (Å²) < 4.78 is 77.7. The van der Waals surface area contributed by atoms with Crippen molar-refractivity contribution in [3.8, 4) is 5.95 Å². The molecular formula is C39H30N11O15S4+. The molecule has 2 heterocycles. The number of carbonyl (C=O) groups is 2. The number of carboxylic acid groups (broad SMARTS) is 1. The number of benzene rings is 5. The molecule has 7 rings (SSSR count). The van der Waals surface area contributed by atoms with Gasteiger partial charge in [-0.1, -0.05) is 10.1 Å². The second-order valence-corrected chi connectivity index (χ2v) is 17.9. The van der Waals surface area contributed by atoms with Crippen LogP contribution >= 0.6 is 24.1 Å². The number of aromatic nitrogens is 4. The number of hydrogen-bond donors (Lipinski definition) is 8. The van der Waals surface area contributed by atoms with Crippen LogP contribution in [0.5, 0.6) is 0 Å². The molecular weight excluding hydrogens is 991 g/mol. The molecule has 0 radical (unpaired) electrons. The Morgan fingerprint density at radius 1 is 0.696 bits per heavy atom. The molecule has 7 aromatic rings. The van der Waals surface area contributed by atoms with Gasteiger partial charge in [-0.3, -0.25) is 13.9 Å². The summed E-state index contributed by atoms with van der Waals surface area (Å²) in [5.74, 6) is -1.85. The van der Waals surface area contributed by atoms with Crippen LogP contribution in [0.4, 0.5) is 51.7 Å². The Balaban J connectivity index is 1.20. The van der Waals surface area contributed by atoms with Crippen molar-refractivity contribution < 1.29 is 74.5 Å². The fraction of sp³-hybridized carbons (Fsp3) is 0.0256. The number of aromatic carboxylic acids is 1. The third-order valence-corrected chi connectivity index (χ3v) is 11.8.